The molecule has 3 N–H and O–H groups in total. The number of benzene rings is 1. The van der Waals surface area contributed by atoms with Crippen LogP contribution in [0.3, 0.4) is 0 Å². The van der Waals surface area contributed by atoms with Gasteiger partial charge in [-0.1, -0.05) is 6.42 Å². The van der Waals surface area contributed by atoms with Crippen LogP contribution >= 0.6 is 0 Å². The van der Waals surface area contributed by atoms with Crippen molar-refractivity contribution in [1.82, 2.24) is 4.90 Å². The van der Waals surface area contributed by atoms with E-state index in [1.54, 1.807) is 18.1 Å². The largest absolute Gasteiger partial charge is 0.493 e. The standard InChI is InChI=1S/C19H26N2O5/c1-25-17-10-21(6-5-16(17)20)18(22)13-7-14(19(23)24)9-15(8-13)26-11-12-3-2-4-12/h7-9,12,16-17H,2-6,10-11,20H2,1H3,(H,23,24)/t16-,17+/m1/s1. The van der Waals surface area contributed by atoms with E-state index in [0.29, 0.717) is 43.3 Å². The van der Waals surface area contributed by atoms with Gasteiger partial charge in [0.05, 0.1) is 18.3 Å². The lowest BCUT2D eigenvalue weighted by Crippen LogP contribution is -2.53. The fraction of sp³-hybridized carbons (Fsp3) is 0.579. The van der Waals surface area contributed by atoms with Gasteiger partial charge in [-0.15, -0.1) is 0 Å². The minimum atomic E-state index is -1.08. The molecule has 0 spiro atoms. The molecule has 3 rings (SSSR count). The van der Waals surface area contributed by atoms with Crippen LogP contribution in [-0.4, -0.2) is 60.8 Å². The quantitative estimate of drug-likeness (QED) is 0.799. The molecule has 7 heteroatoms. The summed E-state index contributed by atoms with van der Waals surface area (Å²) in [5.41, 5.74) is 6.37. The van der Waals surface area contributed by atoms with Crippen molar-refractivity contribution in [2.45, 2.75) is 37.8 Å². The smallest absolute Gasteiger partial charge is 0.335 e. The topological polar surface area (TPSA) is 102 Å². The lowest BCUT2D eigenvalue weighted by Gasteiger charge is -2.36. The van der Waals surface area contributed by atoms with Crippen LogP contribution in [0.15, 0.2) is 18.2 Å². The van der Waals surface area contributed by atoms with Gasteiger partial charge in [-0.05, 0) is 43.4 Å². The molecular formula is C19H26N2O5. The first-order valence-corrected chi connectivity index (χ1v) is 9.06. The molecule has 1 aromatic rings. The number of likely N-dealkylation sites (tertiary alicyclic amines) is 1. The van der Waals surface area contributed by atoms with Gasteiger partial charge in [0.2, 0.25) is 0 Å². The Morgan fingerprint density at radius 3 is 2.58 bits per heavy atom. The van der Waals surface area contributed by atoms with Crippen molar-refractivity contribution in [3.8, 4) is 5.75 Å². The third-order valence-corrected chi connectivity index (χ3v) is 5.31. The summed E-state index contributed by atoms with van der Waals surface area (Å²) >= 11 is 0. The minimum Gasteiger partial charge on any atom is -0.493 e. The highest BCUT2D eigenvalue weighted by Gasteiger charge is 2.30. The Labute approximate surface area is 153 Å². The van der Waals surface area contributed by atoms with E-state index >= 15 is 0 Å². The van der Waals surface area contributed by atoms with Crippen molar-refractivity contribution in [2.24, 2.45) is 11.7 Å². The maximum atomic E-state index is 12.9. The van der Waals surface area contributed by atoms with Gasteiger partial charge in [0.15, 0.2) is 0 Å². The van der Waals surface area contributed by atoms with Gasteiger partial charge in [-0.25, -0.2) is 4.79 Å². The van der Waals surface area contributed by atoms with Crippen molar-refractivity contribution in [3.05, 3.63) is 29.3 Å². The number of nitrogens with two attached hydrogens (primary N) is 1. The Bertz CT molecular complexity index is 674. The first kappa shape index (κ1) is 18.7. The number of methoxy groups -OCH3 is 1. The summed E-state index contributed by atoms with van der Waals surface area (Å²) in [6.07, 6.45) is 3.91. The predicted molar refractivity (Wildman–Crippen MR) is 95.5 cm³/mol. The van der Waals surface area contributed by atoms with Crippen molar-refractivity contribution < 1.29 is 24.2 Å². The van der Waals surface area contributed by atoms with E-state index in [9.17, 15) is 14.7 Å². The number of nitrogens with zero attached hydrogens (tertiary/aromatic N) is 1. The van der Waals surface area contributed by atoms with Crippen molar-refractivity contribution in [3.63, 3.8) is 0 Å². The highest BCUT2D eigenvalue weighted by atomic mass is 16.5. The second-order valence-electron chi connectivity index (χ2n) is 7.14. The first-order valence-electron chi connectivity index (χ1n) is 9.06. The third-order valence-electron chi connectivity index (χ3n) is 5.31. The second kappa shape index (κ2) is 8.05. The van der Waals surface area contributed by atoms with E-state index in [1.165, 1.54) is 18.6 Å². The van der Waals surface area contributed by atoms with Gasteiger partial charge in [0.1, 0.15) is 5.75 Å². The molecule has 1 saturated heterocycles. The fourth-order valence-corrected chi connectivity index (χ4v) is 3.35. The molecule has 1 aromatic carbocycles. The average Bonchev–Trinajstić information content (AvgIpc) is 2.60. The maximum Gasteiger partial charge on any atom is 0.335 e. The number of carboxylic acid groups (broad SMARTS) is 1. The summed E-state index contributed by atoms with van der Waals surface area (Å²) in [6, 6.07) is 4.40. The molecular weight excluding hydrogens is 336 g/mol. The SMILES string of the molecule is CO[C@H]1CN(C(=O)c2cc(OCC3CCC3)cc(C(=O)O)c2)CC[C@H]1N. The molecule has 2 fully saturated rings. The number of carbonyl (C=O) groups excluding carboxylic acids is 1. The number of carbonyl (C=O) groups is 2. The predicted octanol–water partition coefficient (Wildman–Crippen LogP) is 1.75. The third kappa shape index (κ3) is 4.16. The van der Waals surface area contributed by atoms with Gasteiger partial charge in [-0.2, -0.15) is 0 Å². The summed E-state index contributed by atoms with van der Waals surface area (Å²) in [7, 11) is 1.58. The zero-order chi connectivity index (χ0) is 18.7. The highest BCUT2D eigenvalue weighted by molar-refractivity contribution is 5.98. The van der Waals surface area contributed by atoms with Gasteiger partial charge < -0.3 is 25.2 Å². The average molecular weight is 362 g/mol. The number of carboxylic acids is 1. The highest BCUT2D eigenvalue weighted by Crippen LogP contribution is 2.28. The van der Waals surface area contributed by atoms with E-state index in [4.69, 9.17) is 15.2 Å². The number of piperidine rings is 1. The summed E-state index contributed by atoms with van der Waals surface area (Å²) in [4.78, 5) is 26.0. The molecule has 1 amide bonds. The van der Waals surface area contributed by atoms with Crippen LogP contribution in [0.25, 0.3) is 0 Å². The van der Waals surface area contributed by atoms with E-state index in [-0.39, 0.29) is 23.6 Å². The molecule has 1 saturated carbocycles. The summed E-state index contributed by atoms with van der Waals surface area (Å²) < 4.78 is 11.1. The molecule has 7 nitrogen and oxygen atoms in total. The molecule has 1 aliphatic heterocycles. The van der Waals surface area contributed by atoms with Gasteiger partial charge >= 0.3 is 5.97 Å². The van der Waals surface area contributed by atoms with Crippen LogP contribution in [-0.2, 0) is 4.74 Å². The van der Waals surface area contributed by atoms with Crippen LogP contribution in [0.5, 0.6) is 5.75 Å². The Morgan fingerprint density at radius 2 is 1.96 bits per heavy atom. The monoisotopic (exact) mass is 362 g/mol. The summed E-state index contributed by atoms with van der Waals surface area (Å²) in [5.74, 6) is -0.357. The number of aromatic carboxylic acids is 1. The van der Waals surface area contributed by atoms with E-state index in [1.807, 2.05) is 0 Å². The number of hydrogen-bond donors (Lipinski definition) is 2. The molecule has 2 atom stereocenters. The van der Waals surface area contributed by atoms with Crippen LogP contribution in [0, 0.1) is 5.92 Å². The van der Waals surface area contributed by atoms with Crippen LogP contribution < -0.4 is 10.5 Å². The number of rotatable bonds is 6. The Morgan fingerprint density at radius 1 is 1.23 bits per heavy atom. The van der Waals surface area contributed by atoms with Crippen molar-refractivity contribution in [1.29, 1.82) is 0 Å². The van der Waals surface area contributed by atoms with Crippen LogP contribution in [0.4, 0.5) is 0 Å². The van der Waals surface area contributed by atoms with Gasteiger partial charge in [0.25, 0.3) is 5.91 Å². The lowest BCUT2D eigenvalue weighted by atomic mass is 9.86. The summed E-state index contributed by atoms with van der Waals surface area (Å²) in [5, 5.41) is 9.36. The van der Waals surface area contributed by atoms with E-state index < -0.39 is 5.97 Å². The zero-order valence-electron chi connectivity index (χ0n) is 15.0. The maximum absolute atomic E-state index is 12.9. The molecule has 142 valence electrons. The van der Waals surface area contributed by atoms with Crippen molar-refractivity contribution >= 4 is 11.9 Å². The normalized spacial score (nSPS) is 23.4. The molecule has 0 bridgehead atoms. The molecule has 2 aliphatic rings. The van der Waals surface area contributed by atoms with Crippen molar-refractivity contribution in [2.75, 3.05) is 26.8 Å². The van der Waals surface area contributed by atoms with Crippen LogP contribution in [0.1, 0.15) is 46.4 Å². The van der Waals surface area contributed by atoms with E-state index in [0.717, 1.165) is 12.8 Å². The Kier molecular flexibility index (Phi) is 5.78. The molecule has 26 heavy (non-hydrogen) atoms. The Balaban J connectivity index is 1.77. The fourth-order valence-electron chi connectivity index (χ4n) is 3.35. The Hall–Kier alpha value is -2.12. The number of hydrogen-bond acceptors (Lipinski definition) is 5. The minimum absolute atomic E-state index is 0.0523. The van der Waals surface area contributed by atoms with Gasteiger partial charge in [0, 0.05) is 31.8 Å². The van der Waals surface area contributed by atoms with E-state index in [2.05, 4.69) is 0 Å². The molecule has 0 aromatic heterocycles. The molecule has 1 heterocycles. The first-order chi connectivity index (χ1) is 12.5. The molecule has 1 aliphatic carbocycles. The second-order valence-corrected chi connectivity index (χ2v) is 7.14. The summed E-state index contributed by atoms with van der Waals surface area (Å²) in [6.45, 7) is 1.47. The zero-order valence-corrected chi connectivity index (χ0v) is 15.0. The molecule has 0 radical (unpaired) electrons. The lowest BCUT2D eigenvalue weighted by molar-refractivity contribution is 0.0162. The van der Waals surface area contributed by atoms with Crippen LogP contribution in [0.2, 0.25) is 0 Å². The number of ether oxygens (including phenoxy) is 2. The molecule has 0 unspecified atom stereocenters. The number of amides is 1. The van der Waals surface area contributed by atoms with Gasteiger partial charge in [-0.3, -0.25) is 4.79 Å².